The first-order chi connectivity index (χ1) is 7.94. The van der Waals surface area contributed by atoms with E-state index in [0.29, 0.717) is 17.8 Å². The van der Waals surface area contributed by atoms with Gasteiger partial charge in [0.05, 0.1) is 13.2 Å². The van der Waals surface area contributed by atoms with E-state index in [1.807, 2.05) is 18.2 Å². The van der Waals surface area contributed by atoms with Gasteiger partial charge in [-0.2, -0.15) is 0 Å². The molecule has 0 heterocycles. The number of methoxy groups -OCH3 is 1. The van der Waals surface area contributed by atoms with Crippen molar-refractivity contribution in [2.24, 2.45) is 11.3 Å². The molecule has 0 saturated heterocycles. The monoisotopic (exact) mass is 298 g/mol. The average molecular weight is 299 g/mol. The Labute approximate surface area is 111 Å². The summed E-state index contributed by atoms with van der Waals surface area (Å²) < 4.78 is 6.35. The number of ether oxygens (including phenoxy) is 1. The maximum atomic E-state index is 10.2. The van der Waals surface area contributed by atoms with Gasteiger partial charge in [-0.3, -0.25) is 0 Å². The lowest BCUT2D eigenvalue weighted by Gasteiger charge is -2.15. The van der Waals surface area contributed by atoms with Crippen LogP contribution in [0.4, 0.5) is 0 Å². The third kappa shape index (κ3) is 2.83. The summed E-state index contributed by atoms with van der Waals surface area (Å²) in [7, 11) is 1.67. The predicted molar refractivity (Wildman–Crippen MR) is 72.3 cm³/mol. The van der Waals surface area contributed by atoms with Crippen molar-refractivity contribution in [3.05, 3.63) is 28.2 Å². The molecular weight excluding hydrogens is 280 g/mol. The van der Waals surface area contributed by atoms with Crippen molar-refractivity contribution in [3.8, 4) is 5.75 Å². The molecule has 1 fully saturated rings. The van der Waals surface area contributed by atoms with Crippen molar-refractivity contribution >= 4 is 15.9 Å². The molecule has 0 aromatic heterocycles. The number of aliphatic hydroxyl groups excluding tert-OH is 1. The Balaban J connectivity index is 2.10. The molecule has 1 aromatic carbocycles. The molecule has 94 valence electrons. The first-order valence-electron chi connectivity index (χ1n) is 5.94. The van der Waals surface area contributed by atoms with Crippen LogP contribution in [0.3, 0.4) is 0 Å². The van der Waals surface area contributed by atoms with Crippen molar-refractivity contribution in [1.29, 1.82) is 0 Å². The second-order valence-corrected chi connectivity index (χ2v) is 6.44. The molecule has 0 aliphatic heterocycles. The summed E-state index contributed by atoms with van der Waals surface area (Å²) in [5, 5.41) is 10.2. The number of halogens is 1. The summed E-state index contributed by atoms with van der Waals surface area (Å²) in [4.78, 5) is 0. The van der Waals surface area contributed by atoms with E-state index < -0.39 is 0 Å². The third-order valence-corrected chi connectivity index (χ3v) is 4.22. The summed E-state index contributed by atoms with van der Waals surface area (Å²) in [5.41, 5.74) is 1.37. The Morgan fingerprint density at radius 1 is 1.53 bits per heavy atom. The van der Waals surface area contributed by atoms with Gasteiger partial charge in [-0.1, -0.05) is 29.8 Å². The first-order valence-corrected chi connectivity index (χ1v) is 6.74. The molecule has 0 amide bonds. The number of hydrogen-bond acceptors (Lipinski definition) is 2. The second-order valence-electron chi connectivity index (χ2n) is 5.53. The van der Waals surface area contributed by atoms with Crippen molar-refractivity contribution < 1.29 is 9.84 Å². The van der Waals surface area contributed by atoms with Gasteiger partial charge in [-0.25, -0.2) is 0 Å². The Morgan fingerprint density at radius 2 is 2.18 bits per heavy atom. The molecule has 0 bridgehead atoms. The normalized spacial score (nSPS) is 23.2. The van der Waals surface area contributed by atoms with Gasteiger partial charge in [0.25, 0.3) is 0 Å². The molecule has 1 aromatic rings. The van der Waals surface area contributed by atoms with Gasteiger partial charge in [0.1, 0.15) is 5.75 Å². The Kier molecular flexibility index (Phi) is 3.50. The molecule has 1 aliphatic rings. The van der Waals surface area contributed by atoms with Crippen LogP contribution in [0.15, 0.2) is 22.7 Å². The highest BCUT2D eigenvalue weighted by Crippen LogP contribution is 2.54. The largest absolute Gasteiger partial charge is 0.496 e. The van der Waals surface area contributed by atoms with Crippen LogP contribution in [0.5, 0.6) is 5.75 Å². The van der Waals surface area contributed by atoms with Crippen LogP contribution in [0, 0.1) is 11.3 Å². The number of aliphatic hydroxyl groups is 1. The number of hydrogen-bond donors (Lipinski definition) is 1. The molecule has 1 N–H and O–H groups in total. The lowest BCUT2D eigenvalue weighted by atomic mass is 9.99. The van der Waals surface area contributed by atoms with Gasteiger partial charge in [0.2, 0.25) is 0 Å². The molecule has 2 nitrogen and oxygen atoms in total. The van der Waals surface area contributed by atoms with Crippen LogP contribution < -0.4 is 4.74 Å². The second kappa shape index (κ2) is 4.62. The van der Waals surface area contributed by atoms with Crippen LogP contribution in [-0.2, 0) is 6.42 Å². The first kappa shape index (κ1) is 12.9. The Hall–Kier alpha value is -0.540. The Bertz CT molecular complexity index is 415. The van der Waals surface area contributed by atoms with E-state index in [-0.39, 0.29) is 6.10 Å². The van der Waals surface area contributed by atoms with E-state index in [9.17, 15) is 5.11 Å². The smallest absolute Gasteiger partial charge is 0.122 e. The minimum absolute atomic E-state index is 0.270. The standard InChI is InChI=1S/C14H19BrO2/c1-14(2)8-11(14)12(16)7-9-6-10(15)4-5-13(9)17-3/h4-6,11-12,16H,7-8H2,1-3H3. The minimum Gasteiger partial charge on any atom is -0.496 e. The molecule has 1 aliphatic carbocycles. The summed E-state index contributed by atoms with van der Waals surface area (Å²) in [6.07, 6.45) is 1.51. The van der Waals surface area contributed by atoms with E-state index in [4.69, 9.17) is 4.74 Å². The van der Waals surface area contributed by atoms with Crippen LogP contribution in [0.1, 0.15) is 25.8 Å². The van der Waals surface area contributed by atoms with Crippen LogP contribution in [0.2, 0.25) is 0 Å². The fourth-order valence-corrected chi connectivity index (χ4v) is 2.85. The van der Waals surface area contributed by atoms with Crippen molar-refractivity contribution in [1.82, 2.24) is 0 Å². The minimum atomic E-state index is -0.270. The highest BCUT2D eigenvalue weighted by atomic mass is 79.9. The van der Waals surface area contributed by atoms with Crippen LogP contribution in [-0.4, -0.2) is 18.3 Å². The number of benzene rings is 1. The lowest BCUT2D eigenvalue weighted by molar-refractivity contribution is 0.136. The van der Waals surface area contributed by atoms with E-state index in [1.54, 1.807) is 7.11 Å². The van der Waals surface area contributed by atoms with Crippen molar-refractivity contribution in [2.45, 2.75) is 32.8 Å². The molecule has 2 atom stereocenters. The third-order valence-electron chi connectivity index (χ3n) is 3.73. The lowest BCUT2D eigenvalue weighted by Crippen LogP contribution is -2.16. The summed E-state index contributed by atoms with van der Waals surface area (Å²) in [6, 6.07) is 5.91. The molecular formula is C14H19BrO2. The molecule has 2 rings (SSSR count). The van der Waals surface area contributed by atoms with Gasteiger partial charge in [-0.15, -0.1) is 0 Å². The van der Waals surface area contributed by atoms with Gasteiger partial charge in [0, 0.05) is 10.9 Å². The SMILES string of the molecule is COc1ccc(Br)cc1CC(O)C1CC1(C)C. The van der Waals surface area contributed by atoms with Gasteiger partial charge < -0.3 is 9.84 Å². The van der Waals surface area contributed by atoms with E-state index in [2.05, 4.69) is 29.8 Å². The van der Waals surface area contributed by atoms with Gasteiger partial charge in [-0.05, 0) is 41.5 Å². The van der Waals surface area contributed by atoms with Gasteiger partial charge in [0.15, 0.2) is 0 Å². The topological polar surface area (TPSA) is 29.5 Å². The molecule has 17 heavy (non-hydrogen) atoms. The quantitative estimate of drug-likeness (QED) is 0.923. The highest BCUT2D eigenvalue weighted by molar-refractivity contribution is 9.10. The van der Waals surface area contributed by atoms with Crippen LogP contribution in [0.25, 0.3) is 0 Å². The van der Waals surface area contributed by atoms with E-state index >= 15 is 0 Å². The van der Waals surface area contributed by atoms with Crippen molar-refractivity contribution in [3.63, 3.8) is 0 Å². The van der Waals surface area contributed by atoms with Gasteiger partial charge >= 0.3 is 0 Å². The predicted octanol–water partition coefficient (Wildman–Crippen LogP) is 3.41. The van der Waals surface area contributed by atoms with E-state index in [0.717, 1.165) is 22.2 Å². The summed E-state index contributed by atoms with van der Waals surface area (Å²) in [5.74, 6) is 1.27. The zero-order chi connectivity index (χ0) is 12.6. The molecule has 0 spiro atoms. The fourth-order valence-electron chi connectivity index (χ4n) is 2.44. The summed E-state index contributed by atoms with van der Waals surface area (Å²) >= 11 is 3.45. The Morgan fingerprint density at radius 3 is 2.71 bits per heavy atom. The maximum Gasteiger partial charge on any atom is 0.122 e. The zero-order valence-electron chi connectivity index (χ0n) is 10.5. The summed E-state index contributed by atoms with van der Waals surface area (Å²) in [6.45, 7) is 4.41. The number of rotatable bonds is 4. The van der Waals surface area contributed by atoms with E-state index in [1.165, 1.54) is 0 Å². The zero-order valence-corrected chi connectivity index (χ0v) is 12.1. The average Bonchev–Trinajstić information content (AvgIpc) is 2.88. The molecule has 2 unspecified atom stereocenters. The molecule has 0 radical (unpaired) electrons. The molecule has 1 saturated carbocycles. The fraction of sp³-hybridized carbons (Fsp3) is 0.571. The highest BCUT2D eigenvalue weighted by Gasteiger charge is 2.49. The van der Waals surface area contributed by atoms with Crippen molar-refractivity contribution in [2.75, 3.05) is 7.11 Å². The molecule has 3 heteroatoms. The maximum absolute atomic E-state index is 10.2. The van der Waals surface area contributed by atoms with Crippen LogP contribution >= 0.6 is 15.9 Å².